The van der Waals surface area contributed by atoms with Gasteiger partial charge < -0.3 is 17.7 Å². The van der Waals surface area contributed by atoms with Crippen LogP contribution in [0.3, 0.4) is 0 Å². The van der Waals surface area contributed by atoms with E-state index in [-0.39, 0.29) is 12.5 Å². The number of fused-ring (bicyclic) bond motifs is 1. The van der Waals surface area contributed by atoms with Crippen molar-refractivity contribution in [2.75, 3.05) is 13.2 Å². The molecule has 0 unspecified atom stereocenters. The Kier molecular flexibility index (Phi) is 1.32. The summed E-state index contributed by atoms with van der Waals surface area (Å²) in [4.78, 5) is 0. The first-order valence-corrected chi connectivity index (χ1v) is 3.83. The van der Waals surface area contributed by atoms with Crippen molar-refractivity contribution < 1.29 is 17.7 Å². The smallest absolute Gasteiger partial charge is 0.448 e. The van der Waals surface area contributed by atoms with Crippen LogP contribution in [0.25, 0.3) is 0 Å². The second kappa shape index (κ2) is 1.94. The highest BCUT2D eigenvalue weighted by Crippen LogP contribution is 2.69. The predicted octanol–water partition coefficient (Wildman–Crippen LogP) is 2.01. The van der Waals surface area contributed by atoms with Gasteiger partial charge in [-0.05, 0) is 11.7 Å². The first-order valence-electron chi connectivity index (χ1n) is 3.83. The van der Waals surface area contributed by atoms with E-state index in [1.807, 2.05) is 0 Å². The quantitative estimate of drug-likeness (QED) is 0.540. The maximum atomic E-state index is 12.3. The fourth-order valence-corrected chi connectivity index (χ4v) is 1.95. The summed E-state index contributed by atoms with van der Waals surface area (Å²) in [6, 6.07) is 0. The standard InChI is InChI=1S/C6H9BF3O/c8-7(9,10)6-3-5(6)1-2-11-4-6/h5H,1-4H2/q-1/t5-,6+/m1/s1. The van der Waals surface area contributed by atoms with Gasteiger partial charge in [0.25, 0.3) is 0 Å². The van der Waals surface area contributed by atoms with Gasteiger partial charge in [-0.3, -0.25) is 0 Å². The summed E-state index contributed by atoms with van der Waals surface area (Å²) < 4.78 is 41.9. The third-order valence-electron chi connectivity index (χ3n) is 2.91. The van der Waals surface area contributed by atoms with E-state index in [9.17, 15) is 12.9 Å². The van der Waals surface area contributed by atoms with Crippen molar-refractivity contribution in [2.45, 2.75) is 18.2 Å². The van der Waals surface area contributed by atoms with Gasteiger partial charge in [-0.15, -0.1) is 0 Å². The van der Waals surface area contributed by atoms with E-state index in [0.717, 1.165) is 0 Å². The lowest BCUT2D eigenvalue weighted by Gasteiger charge is -2.30. The largest absolute Gasteiger partial charge is 0.486 e. The highest BCUT2D eigenvalue weighted by Gasteiger charge is 2.65. The molecule has 2 aliphatic rings. The number of halogens is 3. The van der Waals surface area contributed by atoms with Crippen LogP contribution in [0.15, 0.2) is 0 Å². The highest BCUT2D eigenvalue weighted by atomic mass is 19.4. The van der Waals surface area contributed by atoms with E-state index in [2.05, 4.69) is 0 Å². The Hall–Kier alpha value is -0.185. The van der Waals surface area contributed by atoms with Crippen molar-refractivity contribution in [1.29, 1.82) is 0 Å². The predicted molar refractivity (Wildman–Crippen MR) is 35.3 cm³/mol. The van der Waals surface area contributed by atoms with Crippen LogP contribution in [-0.2, 0) is 4.74 Å². The minimum absolute atomic E-state index is 0.0822. The molecule has 0 amide bonds. The maximum Gasteiger partial charge on any atom is 0.486 e. The number of ether oxygens (including phenoxy) is 1. The minimum Gasteiger partial charge on any atom is -0.448 e. The average Bonchev–Trinajstić information content (AvgIpc) is 2.59. The molecule has 0 radical (unpaired) electrons. The lowest BCUT2D eigenvalue weighted by Crippen LogP contribution is -2.33. The van der Waals surface area contributed by atoms with Gasteiger partial charge in [-0.1, -0.05) is 12.3 Å². The maximum absolute atomic E-state index is 12.3. The zero-order valence-corrected chi connectivity index (χ0v) is 6.03. The van der Waals surface area contributed by atoms with Crippen LogP contribution in [0, 0.1) is 5.92 Å². The van der Waals surface area contributed by atoms with Gasteiger partial charge >= 0.3 is 6.98 Å². The molecule has 64 valence electrons. The second-order valence-corrected chi connectivity index (χ2v) is 3.55. The Balaban J connectivity index is 2.13. The molecule has 1 saturated heterocycles. The molecule has 0 aromatic carbocycles. The van der Waals surface area contributed by atoms with Crippen molar-refractivity contribution in [3.05, 3.63) is 0 Å². The van der Waals surface area contributed by atoms with Gasteiger partial charge in [-0.2, -0.15) is 0 Å². The average molecular weight is 165 g/mol. The summed E-state index contributed by atoms with van der Waals surface area (Å²) in [7, 11) is 0. The van der Waals surface area contributed by atoms with Gasteiger partial charge in [-0.25, -0.2) is 0 Å². The molecular weight excluding hydrogens is 156 g/mol. The SMILES string of the molecule is F[B-](F)(F)[C@@]12COCC[C@@H]1C2. The van der Waals surface area contributed by atoms with Gasteiger partial charge in [0, 0.05) is 13.2 Å². The first kappa shape index (κ1) is 7.46. The van der Waals surface area contributed by atoms with E-state index in [0.29, 0.717) is 19.4 Å². The summed E-state index contributed by atoms with van der Waals surface area (Å²) >= 11 is 0. The van der Waals surface area contributed by atoms with Crippen LogP contribution in [0.4, 0.5) is 12.9 Å². The molecule has 0 aromatic rings. The molecule has 11 heavy (non-hydrogen) atoms. The van der Waals surface area contributed by atoms with Gasteiger partial charge in [0.15, 0.2) is 0 Å². The summed E-state index contributed by atoms with van der Waals surface area (Å²) in [5.41, 5.74) is 0. The van der Waals surface area contributed by atoms with Crippen LogP contribution in [0.1, 0.15) is 12.8 Å². The molecule has 2 rings (SSSR count). The Labute approximate surface area is 63.0 Å². The molecule has 1 heterocycles. The molecule has 2 fully saturated rings. The zero-order valence-electron chi connectivity index (χ0n) is 6.03. The summed E-state index contributed by atoms with van der Waals surface area (Å²) in [6.45, 7) is -4.24. The number of hydrogen-bond donors (Lipinski definition) is 0. The van der Waals surface area contributed by atoms with Gasteiger partial charge in [0.05, 0.1) is 0 Å². The van der Waals surface area contributed by atoms with Crippen molar-refractivity contribution in [2.24, 2.45) is 5.92 Å². The zero-order chi connectivity index (χ0) is 8.11. The summed E-state index contributed by atoms with van der Waals surface area (Å²) in [6.07, 6.45) is 0.914. The third kappa shape index (κ3) is 0.899. The van der Waals surface area contributed by atoms with Crippen LogP contribution in [-0.4, -0.2) is 20.2 Å². The van der Waals surface area contributed by atoms with Crippen LogP contribution >= 0.6 is 0 Å². The van der Waals surface area contributed by atoms with Crippen LogP contribution in [0.5, 0.6) is 0 Å². The molecule has 0 spiro atoms. The molecule has 0 bridgehead atoms. The molecule has 0 N–H and O–H groups in total. The van der Waals surface area contributed by atoms with E-state index in [1.165, 1.54) is 0 Å². The Bertz CT molecular complexity index is 181. The lowest BCUT2D eigenvalue weighted by molar-refractivity contribution is 0.0819. The Morgan fingerprint density at radius 3 is 2.55 bits per heavy atom. The summed E-state index contributed by atoms with van der Waals surface area (Å²) in [5.74, 6) is -0.115. The molecular formula is C6H9BF3O-. The topological polar surface area (TPSA) is 9.23 Å². The van der Waals surface area contributed by atoms with Gasteiger partial charge in [0.2, 0.25) is 0 Å². The molecule has 1 aliphatic heterocycles. The second-order valence-electron chi connectivity index (χ2n) is 3.55. The Morgan fingerprint density at radius 2 is 2.09 bits per heavy atom. The number of rotatable bonds is 1. The molecule has 1 saturated carbocycles. The fourth-order valence-electron chi connectivity index (χ4n) is 1.95. The normalized spacial score (nSPS) is 43.4. The number of hydrogen-bond acceptors (Lipinski definition) is 1. The van der Waals surface area contributed by atoms with E-state index in [1.54, 1.807) is 0 Å². The molecule has 1 nitrogen and oxygen atoms in total. The molecule has 5 heteroatoms. The van der Waals surface area contributed by atoms with Crippen molar-refractivity contribution in [3.63, 3.8) is 0 Å². The van der Waals surface area contributed by atoms with Crippen molar-refractivity contribution in [1.82, 2.24) is 0 Å². The highest BCUT2D eigenvalue weighted by molar-refractivity contribution is 6.63. The van der Waals surface area contributed by atoms with E-state index < -0.39 is 12.3 Å². The Morgan fingerprint density at radius 1 is 1.36 bits per heavy atom. The minimum atomic E-state index is -4.67. The van der Waals surface area contributed by atoms with Crippen molar-refractivity contribution >= 4 is 6.98 Å². The summed E-state index contributed by atoms with van der Waals surface area (Å²) in [5, 5.41) is -1.38. The molecule has 0 aromatic heterocycles. The molecule has 2 atom stereocenters. The van der Waals surface area contributed by atoms with Gasteiger partial charge in [0.1, 0.15) is 0 Å². The first-order chi connectivity index (χ1) is 5.06. The van der Waals surface area contributed by atoms with E-state index >= 15 is 0 Å². The van der Waals surface area contributed by atoms with Crippen LogP contribution < -0.4 is 0 Å². The van der Waals surface area contributed by atoms with Crippen LogP contribution in [0.2, 0.25) is 5.31 Å². The lowest BCUT2D eigenvalue weighted by atomic mass is 9.67. The fraction of sp³-hybridized carbons (Fsp3) is 1.00. The monoisotopic (exact) mass is 165 g/mol. The molecule has 1 aliphatic carbocycles. The van der Waals surface area contributed by atoms with Crippen molar-refractivity contribution in [3.8, 4) is 0 Å². The van der Waals surface area contributed by atoms with E-state index in [4.69, 9.17) is 4.74 Å². The third-order valence-corrected chi connectivity index (χ3v) is 2.91.